The van der Waals surface area contributed by atoms with E-state index in [1.54, 1.807) is 12.1 Å². The van der Waals surface area contributed by atoms with E-state index in [2.05, 4.69) is 17.1 Å². The molecule has 2 rings (SSSR count). The molecule has 1 N–H and O–H groups in total. The number of nitrogens with one attached hydrogen (secondary N) is 1. The maximum atomic E-state index is 11.0. The number of nitro benzene ring substituents is 1. The Balaban J connectivity index is 2.35. The molecule has 5 nitrogen and oxygen atoms in total. The minimum Gasteiger partial charge on any atom is -0.363 e. The Morgan fingerprint density at radius 1 is 1.53 bits per heavy atom. The first kappa shape index (κ1) is 11.9. The van der Waals surface area contributed by atoms with Crippen molar-refractivity contribution >= 4 is 11.4 Å². The standard InChI is InChI=1S/C12H17N3O2/c1-9-3-4-11(15(16)17)12(7-9)14-6-5-13-10(2)8-14/h3-4,7,10,13H,5-6,8H2,1-2H3/t10-/m0/s1. The van der Waals surface area contributed by atoms with Crippen molar-refractivity contribution in [3.8, 4) is 0 Å². The maximum Gasteiger partial charge on any atom is 0.292 e. The van der Waals surface area contributed by atoms with Gasteiger partial charge in [0.2, 0.25) is 0 Å². The summed E-state index contributed by atoms with van der Waals surface area (Å²) < 4.78 is 0. The van der Waals surface area contributed by atoms with Gasteiger partial charge < -0.3 is 10.2 Å². The molecule has 0 spiro atoms. The Bertz CT molecular complexity index is 434. The van der Waals surface area contributed by atoms with Gasteiger partial charge in [0.05, 0.1) is 4.92 Å². The molecule has 1 heterocycles. The molecule has 92 valence electrons. The first-order valence-electron chi connectivity index (χ1n) is 5.81. The molecular formula is C12H17N3O2. The number of rotatable bonds is 2. The van der Waals surface area contributed by atoms with Gasteiger partial charge in [0.25, 0.3) is 5.69 Å². The average molecular weight is 235 g/mol. The van der Waals surface area contributed by atoms with Crippen LogP contribution in [0.5, 0.6) is 0 Å². The predicted molar refractivity (Wildman–Crippen MR) is 67.5 cm³/mol. The molecule has 0 radical (unpaired) electrons. The van der Waals surface area contributed by atoms with Crippen molar-refractivity contribution in [1.29, 1.82) is 0 Å². The predicted octanol–water partition coefficient (Wildman–Crippen LogP) is 1.70. The number of anilines is 1. The minimum atomic E-state index is -0.304. The first-order chi connectivity index (χ1) is 8.08. The lowest BCUT2D eigenvalue weighted by atomic mass is 10.1. The summed E-state index contributed by atoms with van der Waals surface area (Å²) in [6.45, 7) is 6.54. The van der Waals surface area contributed by atoms with Gasteiger partial charge in [-0.2, -0.15) is 0 Å². The van der Waals surface area contributed by atoms with Crippen molar-refractivity contribution in [2.24, 2.45) is 0 Å². The SMILES string of the molecule is Cc1ccc([N+](=O)[O-])c(N2CCN[C@@H](C)C2)c1. The van der Waals surface area contributed by atoms with Gasteiger partial charge >= 0.3 is 0 Å². The monoisotopic (exact) mass is 235 g/mol. The van der Waals surface area contributed by atoms with Crippen LogP contribution in [0.15, 0.2) is 18.2 Å². The lowest BCUT2D eigenvalue weighted by Gasteiger charge is -2.33. The van der Waals surface area contributed by atoms with Crippen molar-refractivity contribution in [3.05, 3.63) is 33.9 Å². The number of aryl methyl sites for hydroxylation is 1. The molecule has 1 saturated heterocycles. The molecular weight excluding hydrogens is 218 g/mol. The molecule has 1 aliphatic rings. The molecule has 17 heavy (non-hydrogen) atoms. The van der Waals surface area contributed by atoms with E-state index in [0.29, 0.717) is 6.04 Å². The number of hydrogen-bond donors (Lipinski definition) is 1. The summed E-state index contributed by atoms with van der Waals surface area (Å²) in [4.78, 5) is 12.8. The van der Waals surface area contributed by atoms with Crippen LogP contribution in [0.25, 0.3) is 0 Å². The summed E-state index contributed by atoms with van der Waals surface area (Å²) in [6, 6.07) is 5.64. The topological polar surface area (TPSA) is 58.4 Å². The van der Waals surface area contributed by atoms with Crippen LogP contribution in [0.2, 0.25) is 0 Å². The molecule has 0 aromatic heterocycles. The van der Waals surface area contributed by atoms with E-state index in [1.807, 2.05) is 13.0 Å². The van der Waals surface area contributed by atoms with E-state index in [4.69, 9.17) is 0 Å². The van der Waals surface area contributed by atoms with Crippen molar-refractivity contribution in [3.63, 3.8) is 0 Å². The molecule has 1 aromatic carbocycles. The number of nitrogens with zero attached hydrogens (tertiary/aromatic N) is 2. The molecule has 0 amide bonds. The molecule has 1 aromatic rings. The second-order valence-electron chi connectivity index (χ2n) is 4.55. The summed E-state index contributed by atoms with van der Waals surface area (Å²) >= 11 is 0. The molecule has 0 bridgehead atoms. The van der Waals surface area contributed by atoms with Crippen molar-refractivity contribution < 1.29 is 4.92 Å². The summed E-state index contributed by atoms with van der Waals surface area (Å²) in [5.74, 6) is 0. The number of nitro groups is 1. The first-order valence-corrected chi connectivity index (χ1v) is 5.81. The lowest BCUT2D eigenvalue weighted by molar-refractivity contribution is -0.384. The van der Waals surface area contributed by atoms with Gasteiger partial charge in [-0.05, 0) is 25.5 Å². The quantitative estimate of drug-likeness (QED) is 0.626. The van der Waals surface area contributed by atoms with Gasteiger partial charge in [-0.15, -0.1) is 0 Å². The number of hydrogen-bond acceptors (Lipinski definition) is 4. The van der Waals surface area contributed by atoms with Crippen LogP contribution in [0.4, 0.5) is 11.4 Å². The molecule has 0 saturated carbocycles. The van der Waals surface area contributed by atoms with Crippen LogP contribution in [-0.4, -0.2) is 30.6 Å². The van der Waals surface area contributed by atoms with Crippen molar-refractivity contribution in [2.75, 3.05) is 24.5 Å². The third-order valence-electron chi connectivity index (χ3n) is 3.04. The molecule has 1 aliphatic heterocycles. The van der Waals surface area contributed by atoms with E-state index in [-0.39, 0.29) is 10.6 Å². The largest absolute Gasteiger partial charge is 0.363 e. The second-order valence-corrected chi connectivity index (χ2v) is 4.55. The molecule has 1 atom stereocenters. The highest BCUT2D eigenvalue weighted by Gasteiger charge is 2.23. The van der Waals surface area contributed by atoms with Gasteiger partial charge in [-0.1, -0.05) is 6.07 Å². The Labute approximate surface area is 101 Å². The van der Waals surface area contributed by atoms with E-state index in [1.165, 1.54) is 0 Å². The Kier molecular flexibility index (Phi) is 3.28. The van der Waals surface area contributed by atoms with Gasteiger partial charge in [0, 0.05) is 31.7 Å². The summed E-state index contributed by atoms with van der Waals surface area (Å²) in [7, 11) is 0. The average Bonchev–Trinajstić information content (AvgIpc) is 2.28. The van der Waals surface area contributed by atoms with Crippen LogP contribution in [0.3, 0.4) is 0 Å². The second kappa shape index (κ2) is 4.71. The van der Waals surface area contributed by atoms with Crippen LogP contribution < -0.4 is 10.2 Å². The van der Waals surface area contributed by atoms with Crippen LogP contribution in [0.1, 0.15) is 12.5 Å². The van der Waals surface area contributed by atoms with Crippen LogP contribution in [0, 0.1) is 17.0 Å². The summed E-state index contributed by atoms with van der Waals surface area (Å²) in [5, 5.41) is 14.4. The molecule has 1 fully saturated rings. The van der Waals surface area contributed by atoms with E-state index < -0.39 is 0 Å². The highest BCUT2D eigenvalue weighted by Crippen LogP contribution is 2.29. The zero-order chi connectivity index (χ0) is 12.4. The highest BCUT2D eigenvalue weighted by atomic mass is 16.6. The van der Waals surface area contributed by atoms with Crippen LogP contribution in [-0.2, 0) is 0 Å². The molecule has 5 heteroatoms. The highest BCUT2D eigenvalue weighted by molar-refractivity contribution is 5.64. The number of benzene rings is 1. The van der Waals surface area contributed by atoms with Gasteiger partial charge in [-0.25, -0.2) is 0 Å². The molecule has 0 unspecified atom stereocenters. The van der Waals surface area contributed by atoms with Gasteiger partial charge in [0.15, 0.2) is 0 Å². The Hall–Kier alpha value is -1.62. The number of piperazine rings is 1. The third kappa shape index (κ3) is 2.55. The normalized spacial score (nSPS) is 20.4. The van der Waals surface area contributed by atoms with Gasteiger partial charge in [-0.3, -0.25) is 10.1 Å². The molecule has 0 aliphatic carbocycles. The van der Waals surface area contributed by atoms with Crippen molar-refractivity contribution in [1.82, 2.24) is 5.32 Å². The zero-order valence-electron chi connectivity index (χ0n) is 10.1. The van der Waals surface area contributed by atoms with E-state index >= 15 is 0 Å². The van der Waals surface area contributed by atoms with Gasteiger partial charge in [0.1, 0.15) is 5.69 Å². The third-order valence-corrected chi connectivity index (χ3v) is 3.04. The van der Waals surface area contributed by atoms with Crippen molar-refractivity contribution in [2.45, 2.75) is 19.9 Å². The smallest absolute Gasteiger partial charge is 0.292 e. The lowest BCUT2D eigenvalue weighted by Crippen LogP contribution is -2.49. The zero-order valence-corrected chi connectivity index (χ0v) is 10.1. The fourth-order valence-corrected chi connectivity index (χ4v) is 2.19. The summed E-state index contributed by atoms with van der Waals surface area (Å²) in [5.41, 5.74) is 1.99. The summed E-state index contributed by atoms with van der Waals surface area (Å²) in [6.07, 6.45) is 0. The van der Waals surface area contributed by atoms with E-state index in [0.717, 1.165) is 30.9 Å². The Morgan fingerprint density at radius 2 is 2.29 bits per heavy atom. The Morgan fingerprint density at radius 3 is 2.94 bits per heavy atom. The fraction of sp³-hybridized carbons (Fsp3) is 0.500. The van der Waals surface area contributed by atoms with E-state index in [9.17, 15) is 10.1 Å². The maximum absolute atomic E-state index is 11.0. The fourth-order valence-electron chi connectivity index (χ4n) is 2.19. The van der Waals surface area contributed by atoms with Crippen LogP contribution >= 0.6 is 0 Å². The minimum absolute atomic E-state index is 0.199.